The summed E-state index contributed by atoms with van der Waals surface area (Å²) in [4.78, 5) is 25.5. The summed E-state index contributed by atoms with van der Waals surface area (Å²) >= 11 is 0. The van der Waals surface area contributed by atoms with Crippen LogP contribution in [0.1, 0.15) is 6.42 Å². The van der Waals surface area contributed by atoms with E-state index >= 15 is 0 Å². The van der Waals surface area contributed by atoms with Gasteiger partial charge in [-0.1, -0.05) is 18.2 Å². The first kappa shape index (κ1) is 17.0. The van der Waals surface area contributed by atoms with Crippen molar-refractivity contribution in [1.29, 1.82) is 0 Å². The first-order chi connectivity index (χ1) is 12.2. The van der Waals surface area contributed by atoms with Crippen molar-refractivity contribution in [3.8, 4) is 11.5 Å². The molecule has 6 heteroatoms. The minimum Gasteiger partial charge on any atom is -0.457 e. The van der Waals surface area contributed by atoms with Crippen LogP contribution in [0.4, 0.5) is 5.69 Å². The first-order valence-electron chi connectivity index (χ1n) is 8.31. The average molecular weight is 339 g/mol. The number of para-hydroxylation sites is 1. The normalized spacial score (nSPS) is 15.1. The summed E-state index contributed by atoms with van der Waals surface area (Å²) in [6.07, 6.45) is 0.429. The van der Waals surface area contributed by atoms with Crippen LogP contribution in [0.25, 0.3) is 0 Å². The number of hydrogen-bond acceptors (Lipinski definition) is 4. The second-order valence-corrected chi connectivity index (χ2v) is 5.86. The number of anilines is 1. The van der Waals surface area contributed by atoms with Crippen LogP contribution in [0.3, 0.4) is 0 Å². The molecule has 2 N–H and O–H groups in total. The van der Waals surface area contributed by atoms with Gasteiger partial charge in [-0.05, 0) is 36.4 Å². The zero-order valence-electron chi connectivity index (χ0n) is 13.9. The first-order valence-corrected chi connectivity index (χ1v) is 8.31. The molecule has 3 rings (SSSR count). The van der Waals surface area contributed by atoms with E-state index in [1.54, 1.807) is 0 Å². The Kier molecular flexibility index (Phi) is 5.64. The number of carbonyl (C=O) groups excluding carboxylic acids is 2. The van der Waals surface area contributed by atoms with Crippen molar-refractivity contribution in [1.82, 2.24) is 10.2 Å². The molecular weight excluding hydrogens is 318 g/mol. The molecule has 130 valence electrons. The molecule has 2 aromatic rings. The standard InChI is InChI=1S/C19H21N3O3/c23-18-10-12-22(13-11-20-18)14-19(24)21-15-6-8-17(9-7-15)25-16-4-2-1-3-5-16/h1-9H,10-14H2,(H,20,23)(H,21,24). The summed E-state index contributed by atoms with van der Waals surface area (Å²) in [7, 11) is 0. The third-order valence-corrected chi connectivity index (χ3v) is 3.89. The van der Waals surface area contributed by atoms with Gasteiger partial charge in [-0.2, -0.15) is 0 Å². The molecule has 0 saturated carbocycles. The Morgan fingerprint density at radius 2 is 1.76 bits per heavy atom. The number of nitrogens with one attached hydrogen (secondary N) is 2. The maximum Gasteiger partial charge on any atom is 0.238 e. The highest BCUT2D eigenvalue weighted by molar-refractivity contribution is 5.92. The highest BCUT2D eigenvalue weighted by Crippen LogP contribution is 2.22. The zero-order valence-corrected chi connectivity index (χ0v) is 13.9. The van der Waals surface area contributed by atoms with Gasteiger partial charge in [-0.3, -0.25) is 14.5 Å². The van der Waals surface area contributed by atoms with Crippen LogP contribution < -0.4 is 15.4 Å². The number of carbonyl (C=O) groups is 2. The molecule has 0 bridgehead atoms. The van der Waals surface area contributed by atoms with E-state index in [4.69, 9.17) is 4.74 Å². The van der Waals surface area contributed by atoms with Crippen LogP contribution in [-0.2, 0) is 9.59 Å². The summed E-state index contributed by atoms with van der Waals surface area (Å²) in [6, 6.07) is 16.8. The van der Waals surface area contributed by atoms with Gasteiger partial charge in [-0.25, -0.2) is 0 Å². The van der Waals surface area contributed by atoms with E-state index < -0.39 is 0 Å². The molecular formula is C19H21N3O3. The van der Waals surface area contributed by atoms with Gasteiger partial charge >= 0.3 is 0 Å². The molecule has 1 saturated heterocycles. The van der Waals surface area contributed by atoms with Crippen LogP contribution in [-0.4, -0.2) is 42.9 Å². The van der Waals surface area contributed by atoms with E-state index in [0.717, 1.165) is 11.4 Å². The van der Waals surface area contributed by atoms with Gasteiger partial charge in [0.05, 0.1) is 6.54 Å². The predicted octanol–water partition coefficient (Wildman–Crippen LogP) is 2.24. The molecule has 1 aliphatic rings. The molecule has 0 aromatic heterocycles. The monoisotopic (exact) mass is 339 g/mol. The Labute approximate surface area is 146 Å². The lowest BCUT2D eigenvalue weighted by Gasteiger charge is -2.18. The fourth-order valence-electron chi connectivity index (χ4n) is 2.61. The summed E-state index contributed by atoms with van der Waals surface area (Å²) in [5, 5.41) is 5.67. The van der Waals surface area contributed by atoms with Crippen LogP contribution in [0.2, 0.25) is 0 Å². The van der Waals surface area contributed by atoms with E-state index in [1.165, 1.54) is 0 Å². The number of rotatable bonds is 5. The summed E-state index contributed by atoms with van der Waals surface area (Å²) in [5.41, 5.74) is 0.717. The van der Waals surface area contributed by atoms with E-state index in [-0.39, 0.29) is 18.4 Å². The minimum atomic E-state index is -0.0916. The van der Waals surface area contributed by atoms with Gasteiger partial charge in [0.2, 0.25) is 11.8 Å². The quantitative estimate of drug-likeness (QED) is 0.876. The van der Waals surface area contributed by atoms with E-state index in [9.17, 15) is 9.59 Å². The van der Waals surface area contributed by atoms with Gasteiger partial charge < -0.3 is 15.4 Å². The van der Waals surface area contributed by atoms with Crippen LogP contribution in [0.5, 0.6) is 11.5 Å². The van der Waals surface area contributed by atoms with Crippen molar-refractivity contribution in [2.75, 3.05) is 31.5 Å². The maximum absolute atomic E-state index is 12.2. The van der Waals surface area contributed by atoms with Crippen LogP contribution >= 0.6 is 0 Å². The molecule has 1 heterocycles. The van der Waals surface area contributed by atoms with Gasteiger partial charge in [0.15, 0.2) is 0 Å². The van der Waals surface area contributed by atoms with E-state index in [2.05, 4.69) is 10.6 Å². The fourth-order valence-corrected chi connectivity index (χ4v) is 2.61. The van der Waals surface area contributed by atoms with Gasteiger partial charge in [0, 0.05) is 31.7 Å². The Hall–Kier alpha value is -2.86. The molecule has 0 aliphatic carbocycles. The van der Waals surface area contributed by atoms with Crippen molar-refractivity contribution in [2.24, 2.45) is 0 Å². The average Bonchev–Trinajstić information content (AvgIpc) is 2.82. The molecule has 2 aromatic carbocycles. The SMILES string of the molecule is O=C1CCN(CC(=O)Nc2ccc(Oc3ccccc3)cc2)CCN1. The summed E-state index contributed by atoms with van der Waals surface area (Å²) in [5.74, 6) is 1.42. The molecule has 2 amide bonds. The zero-order chi connectivity index (χ0) is 17.5. The van der Waals surface area contributed by atoms with Crippen molar-refractivity contribution in [3.63, 3.8) is 0 Å². The number of amides is 2. The molecule has 0 radical (unpaired) electrons. The lowest BCUT2D eigenvalue weighted by molar-refractivity contribution is -0.121. The van der Waals surface area contributed by atoms with E-state index in [0.29, 0.717) is 31.8 Å². The Bertz CT molecular complexity index is 716. The van der Waals surface area contributed by atoms with Gasteiger partial charge in [0.25, 0.3) is 0 Å². The minimum absolute atomic E-state index is 0.0388. The second-order valence-electron chi connectivity index (χ2n) is 5.86. The van der Waals surface area contributed by atoms with Gasteiger partial charge in [0.1, 0.15) is 11.5 Å². The number of benzene rings is 2. The highest BCUT2D eigenvalue weighted by Gasteiger charge is 2.16. The summed E-state index contributed by atoms with van der Waals surface area (Å²) in [6.45, 7) is 2.14. The molecule has 1 aliphatic heterocycles. The Morgan fingerprint density at radius 1 is 1.04 bits per heavy atom. The lowest BCUT2D eigenvalue weighted by Crippen LogP contribution is -2.35. The fraction of sp³-hybridized carbons (Fsp3) is 0.263. The Balaban J connectivity index is 1.50. The summed E-state index contributed by atoms with van der Waals surface area (Å²) < 4.78 is 5.72. The maximum atomic E-state index is 12.2. The molecule has 6 nitrogen and oxygen atoms in total. The highest BCUT2D eigenvalue weighted by atomic mass is 16.5. The molecule has 0 atom stereocenters. The number of nitrogens with zero attached hydrogens (tertiary/aromatic N) is 1. The van der Waals surface area contributed by atoms with Crippen LogP contribution in [0, 0.1) is 0 Å². The van der Waals surface area contributed by atoms with Crippen molar-refractivity contribution < 1.29 is 14.3 Å². The van der Waals surface area contributed by atoms with Crippen molar-refractivity contribution >= 4 is 17.5 Å². The van der Waals surface area contributed by atoms with Crippen molar-refractivity contribution in [2.45, 2.75) is 6.42 Å². The third kappa shape index (κ3) is 5.32. The largest absolute Gasteiger partial charge is 0.457 e. The number of hydrogen-bond donors (Lipinski definition) is 2. The third-order valence-electron chi connectivity index (χ3n) is 3.89. The molecule has 25 heavy (non-hydrogen) atoms. The Morgan fingerprint density at radius 3 is 2.52 bits per heavy atom. The second kappa shape index (κ2) is 8.30. The van der Waals surface area contributed by atoms with Crippen LogP contribution in [0.15, 0.2) is 54.6 Å². The number of ether oxygens (including phenoxy) is 1. The lowest BCUT2D eigenvalue weighted by atomic mass is 10.3. The predicted molar refractivity (Wildman–Crippen MR) is 95.7 cm³/mol. The topological polar surface area (TPSA) is 70.7 Å². The molecule has 0 unspecified atom stereocenters. The molecule has 0 spiro atoms. The molecule has 1 fully saturated rings. The smallest absolute Gasteiger partial charge is 0.238 e. The van der Waals surface area contributed by atoms with E-state index in [1.807, 2.05) is 59.5 Å². The van der Waals surface area contributed by atoms with Gasteiger partial charge in [-0.15, -0.1) is 0 Å². The van der Waals surface area contributed by atoms with Crippen molar-refractivity contribution in [3.05, 3.63) is 54.6 Å².